The van der Waals surface area contributed by atoms with Crippen LogP contribution in [0.25, 0.3) is 22.6 Å². The van der Waals surface area contributed by atoms with Crippen molar-refractivity contribution in [1.29, 1.82) is 0 Å². The molecule has 0 aliphatic carbocycles. The van der Waals surface area contributed by atoms with Crippen LogP contribution in [0.5, 0.6) is 0 Å². The molecule has 2 N–H and O–H groups in total. The molecule has 0 aliphatic rings. The van der Waals surface area contributed by atoms with Crippen LogP contribution >= 0.6 is 11.6 Å². The van der Waals surface area contributed by atoms with Gasteiger partial charge in [-0.25, -0.2) is 22.8 Å². The molecule has 0 fully saturated rings. The van der Waals surface area contributed by atoms with E-state index in [0.29, 0.717) is 16.6 Å². The van der Waals surface area contributed by atoms with Crippen LogP contribution in [0.2, 0.25) is 5.02 Å². The number of hydrogen-bond acceptors (Lipinski definition) is 4. The van der Waals surface area contributed by atoms with E-state index in [1.807, 2.05) is 0 Å². The van der Waals surface area contributed by atoms with Crippen molar-refractivity contribution in [3.63, 3.8) is 0 Å². The number of hydrogen-bond donors (Lipinski definition) is 2. The maximum atomic E-state index is 14.2. The number of aromatic amines is 1. The maximum absolute atomic E-state index is 14.2. The minimum absolute atomic E-state index is 0.00954. The van der Waals surface area contributed by atoms with Gasteiger partial charge in [0.2, 0.25) is 0 Å². The molecule has 4 aromatic rings. The Morgan fingerprint density at radius 2 is 1.93 bits per heavy atom. The number of imidazole rings is 1. The van der Waals surface area contributed by atoms with Crippen LogP contribution in [-0.4, -0.2) is 23.4 Å². The predicted molar refractivity (Wildman–Crippen MR) is 106 cm³/mol. The van der Waals surface area contributed by atoms with Crippen molar-refractivity contribution in [2.75, 3.05) is 4.72 Å². The molecule has 0 unspecified atom stereocenters. The van der Waals surface area contributed by atoms with E-state index in [9.17, 15) is 12.8 Å². The van der Waals surface area contributed by atoms with E-state index in [2.05, 4.69) is 19.7 Å². The molecule has 28 heavy (non-hydrogen) atoms. The number of anilines is 1. The molecular weight excluding hydrogens is 403 g/mol. The average molecular weight is 417 g/mol. The summed E-state index contributed by atoms with van der Waals surface area (Å²) in [6, 6.07) is 12.3. The predicted octanol–water partition coefficient (Wildman–Crippen LogP) is 4.53. The van der Waals surface area contributed by atoms with E-state index in [1.165, 1.54) is 24.4 Å². The first-order valence-corrected chi connectivity index (χ1v) is 10.1. The van der Waals surface area contributed by atoms with Crippen molar-refractivity contribution in [3.8, 4) is 11.5 Å². The first-order valence-electron chi connectivity index (χ1n) is 8.23. The summed E-state index contributed by atoms with van der Waals surface area (Å²) in [7, 11) is -3.87. The minimum Gasteiger partial charge on any atom is -0.337 e. The summed E-state index contributed by atoms with van der Waals surface area (Å²) in [5, 5.41) is 0.287. The molecule has 9 heteroatoms. The number of aromatic nitrogens is 3. The van der Waals surface area contributed by atoms with Gasteiger partial charge in [-0.3, -0.25) is 4.72 Å². The largest absolute Gasteiger partial charge is 0.337 e. The molecule has 4 rings (SSSR count). The van der Waals surface area contributed by atoms with Crippen molar-refractivity contribution >= 4 is 38.3 Å². The molecule has 0 saturated carbocycles. The van der Waals surface area contributed by atoms with Gasteiger partial charge < -0.3 is 4.98 Å². The van der Waals surface area contributed by atoms with Crippen LogP contribution in [-0.2, 0) is 10.0 Å². The number of sulfonamides is 1. The quantitative estimate of drug-likeness (QED) is 0.511. The molecule has 0 spiro atoms. The van der Waals surface area contributed by atoms with Gasteiger partial charge in [-0.1, -0.05) is 23.7 Å². The van der Waals surface area contributed by atoms with E-state index in [0.717, 1.165) is 0 Å². The van der Waals surface area contributed by atoms with Gasteiger partial charge in [-0.05, 0) is 48.9 Å². The Kier molecular flexibility index (Phi) is 4.52. The lowest BCUT2D eigenvalue weighted by atomic mass is 10.2. The van der Waals surface area contributed by atoms with Crippen molar-refractivity contribution in [2.24, 2.45) is 0 Å². The third-order valence-electron chi connectivity index (χ3n) is 4.09. The molecule has 6 nitrogen and oxygen atoms in total. The summed E-state index contributed by atoms with van der Waals surface area (Å²) >= 11 is 6.02. The third kappa shape index (κ3) is 3.44. The van der Waals surface area contributed by atoms with Crippen molar-refractivity contribution in [3.05, 3.63) is 71.1 Å². The molecule has 0 bridgehead atoms. The molecule has 0 atom stereocenters. The Bertz CT molecular complexity index is 1300. The average Bonchev–Trinajstić information content (AvgIpc) is 3.06. The third-order valence-corrected chi connectivity index (χ3v) is 5.78. The van der Waals surface area contributed by atoms with Crippen molar-refractivity contribution < 1.29 is 12.8 Å². The van der Waals surface area contributed by atoms with Gasteiger partial charge in [0.1, 0.15) is 5.69 Å². The van der Waals surface area contributed by atoms with Gasteiger partial charge in [0.15, 0.2) is 11.6 Å². The van der Waals surface area contributed by atoms with Gasteiger partial charge in [0, 0.05) is 6.20 Å². The number of nitrogens with one attached hydrogen (secondary N) is 2. The van der Waals surface area contributed by atoms with Gasteiger partial charge in [-0.15, -0.1) is 0 Å². The Labute approximate surface area is 165 Å². The summed E-state index contributed by atoms with van der Waals surface area (Å²) in [6.07, 6.45) is 1.54. The fraction of sp³-hybridized carbons (Fsp3) is 0.0526. The highest BCUT2D eigenvalue weighted by Crippen LogP contribution is 2.27. The number of para-hydroxylation sites is 1. The number of fused-ring (bicyclic) bond motifs is 1. The minimum atomic E-state index is -3.87. The number of nitrogens with zero attached hydrogens (tertiary/aromatic N) is 2. The van der Waals surface area contributed by atoms with Crippen LogP contribution in [0.15, 0.2) is 59.6 Å². The van der Waals surface area contributed by atoms with Crippen LogP contribution in [0.3, 0.4) is 0 Å². The number of H-pyrrole nitrogens is 1. The van der Waals surface area contributed by atoms with E-state index >= 15 is 0 Å². The zero-order valence-electron chi connectivity index (χ0n) is 14.6. The lowest BCUT2D eigenvalue weighted by Gasteiger charge is -2.09. The topological polar surface area (TPSA) is 87.7 Å². The van der Waals surface area contributed by atoms with Gasteiger partial charge in [-0.2, -0.15) is 0 Å². The summed E-state index contributed by atoms with van der Waals surface area (Å²) in [6.45, 7) is 1.74. The zero-order valence-corrected chi connectivity index (χ0v) is 16.1. The lowest BCUT2D eigenvalue weighted by Crippen LogP contribution is -2.13. The van der Waals surface area contributed by atoms with E-state index in [-0.39, 0.29) is 27.1 Å². The summed E-state index contributed by atoms with van der Waals surface area (Å²) < 4.78 is 42.0. The summed E-state index contributed by atoms with van der Waals surface area (Å²) in [5.41, 5.74) is 1.97. The Morgan fingerprint density at radius 3 is 2.68 bits per heavy atom. The number of rotatable bonds is 4. The van der Waals surface area contributed by atoms with Gasteiger partial charge >= 0.3 is 0 Å². The van der Waals surface area contributed by atoms with E-state index in [1.54, 1.807) is 37.3 Å². The zero-order chi connectivity index (χ0) is 19.9. The molecule has 2 aromatic carbocycles. The highest BCUT2D eigenvalue weighted by atomic mass is 35.5. The standard InChI is InChI=1S/C19H14ClFN4O2S/c1-11-8-14(21)18(22-10-11)19-23-16-7-6-12(9-17(16)24-19)28(26,27)25-15-5-3-2-4-13(15)20/h2-10,25H,1H3,(H,23,24). The number of benzene rings is 2. The molecule has 142 valence electrons. The molecule has 2 aromatic heterocycles. The summed E-state index contributed by atoms with van der Waals surface area (Å²) in [4.78, 5) is 11.3. The normalized spacial score (nSPS) is 11.7. The molecule has 2 heterocycles. The lowest BCUT2D eigenvalue weighted by molar-refractivity contribution is 0.601. The summed E-state index contributed by atoms with van der Waals surface area (Å²) in [5.74, 6) is -0.284. The van der Waals surface area contributed by atoms with E-state index in [4.69, 9.17) is 11.6 Å². The number of pyridine rings is 1. The first-order chi connectivity index (χ1) is 13.3. The number of halogens is 2. The SMILES string of the molecule is Cc1cnc(-c2nc3cc(S(=O)(=O)Nc4ccccc4Cl)ccc3[nH]2)c(F)c1. The van der Waals surface area contributed by atoms with Crippen LogP contribution in [0.1, 0.15) is 5.56 Å². The second kappa shape index (κ2) is 6.88. The van der Waals surface area contributed by atoms with E-state index < -0.39 is 15.8 Å². The first kappa shape index (κ1) is 18.4. The smallest absolute Gasteiger partial charge is 0.262 e. The highest BCUT2D eigenvalue weighted by Gasteiger charge is 2.18. The maximum Gasteiger partial charge on any atom is 0.262 e. The second-order valence-corrected chi connectivity index (χ2v) is 8.28. The number of aryl methyl sites for hydroxylation is 1. The molecule has 0 aliphatic heterocycles. The molecule has 0 saturated heterocycles. The Morgan fingerprint density at radius 1 is 1.14 bits per heavy atom. The van der Waals surface area contributed by atoms with Crippen LogP contribution in [0.4, 0.5) is 10.1 Å². The Balaban J connectivity index is 1.73. The Hall–Kier alpha value is -2.97. The van der Waals surface area contributed by atoms with Crippen LogP contribution < -0.4 is 4.72 Å². The fourth-order valence-electron chi connectivity index (χ4n) is 2.72. The fourth-order valence-corrected chi connectivity index (χ4v) is 4.06. The van der Waals surface area contributed by atoms with Gasteiger partial charge in [0.05, 0.1) is 26.6 Å². The van der Waals surface area contributed by atoms with Gasteiger partial charge in [0.25, 0.3) is 10.0 Å². The van der Waals surface area contributed by atoms with Crippen LogP contribution in [0, 0.1) is 12.7 Å². The molecular formula is C19H14ClFN4O2S. The molecule has 0 amide bonds. The molecule has 0 radical (unpaired) electrons. The van der Waals surface area contributed by atoms with Crippen molar-refractivity contribution in [1.82, 2.24) is 15.0 Å². The van der Waals surface area contributed by atoms with Crippen molar-refractivity contribution in [2.45, 2.75) is 11.8 Å². The highest BCUT2D eigenvalue weighted by molar-refractivity contribution is 7.92. The monoisotopic (exact) mass is 416 g/mol. The second-order valence-electron chi connectivity index (χ2n) is 6.19.